The topological polar surface area (TPSA) is 62.1 Å². The van der Waals surface area contributed by atoms with Crippen LogP contribution in [0.25, 0.3) is 16.8 Å². The standard InChI is InChI=1S/C21H15BrN2O2/c1-26-20-10-9-14-5-2-3-8-18(14)19(20)11-15(13-23)21(25)24-17-7-4-6-16(22)12-17/h2-12H,1H3,(H,24,25)/b15-11+. The second-order valence-corrected chi connectivity index (χ2v) is 6.45. The number of anilines is 1. The summed E-state index contributed by atoms with van der Waals surface area (Å²) in [6.07, 6.45) is 1.56. The third-order valence-electron chi connectivity index (χ3n) is 3.89. The van der Waals surface area contributed by atoms with Crippen molar-refractivity contribution in [2.24, 2.45) is 0 Å². The van der Waals surface area contributed by atoms with E-state index in [4.69, 9.17) is 4.74 Å². The van der Waals surface area contributed by atoms with Crippen LogP contribution in [0.2, 0.25) is 0 Å². The van der Waals surface area contributed by atoms with Gasteiger partial charge in [0.05, 0.1) is 7.11 Å². The van der Waals surface area contributed by atoms with Gasteiger partial charge in [-0.25, -0.2) is 0 Å². The van der Waals surface area contributed by atoms with Crippen molar-refractivity contribution in [3.05, 3.63) is 76.3 Å². The van der Waals surface area contributed by atoms with E-state index in [1.165, 1.54) is 0 Å². The van der Waals surface area contributed by atoms with Crippen LogP contribution in [0.1, 0.15) is 5.56 Å². The van der Waals surface area contributed by atoms with Crippen LogP contribution < -0.4 is 10.1 Å². The van der Waals surface area contributed by atoms with Crippen molar-refractivity contribution in [2.75, 3.05) is 12.4 Å². The first-order valence-corrected chi connectivity index (χ1v) is 8.66. The van der Waals surface area contributed by atoms with Gasteiger partial charge in [0.1, 0.15) is 17.4 Å². The number of amides is 1. The Morgan fingerprint density at radius 1 is 1.15 bits per heavy atom. The quantitative estimate of drug-likeness (QED) is 0.480. The molecule has 0 aromatic heterocycles. The van der Waals surface area contributed by atoms with Gasteiger partial charge in [-0.1, -0.05) is 52.3 Å². The summed E-state index contributed by atoms with van der Waals surface area (Å²) in [5.74, 6) is 0.132. The summed E-state index contributed by atoms with van der Waals surface area (Å²) in [6, 6.07) is 20.7. The maximum Gasteiger partial charge on any atom is 0.266 e. The van der Waals surface area contributed by atoms with Gasteiger partial charge < -0.3 is 10.1 Å². The summed E-state index contributed by atoms with van der Waals surface area (Å²) in [4.78, 5) is 12.5. The lowest BCUT2D eigenvalue weighted by Gasteiger charge is -2.10. The van der Waals surface area contributed by atoms with Crippen LogP contribution in [0.4, 0.5) is 5.69 Å². The molecule has 26 heavy (non-hydrogen) atoms. The molecule has 1 N–H and O–H groups in total. The third-order valence-corrected chi connectivity index (χ3v) is 4.38. The lowest BCUT2D eigenvalue weighted by molar-refractivity contribution is -0.112. The van der Waals surface area contributed by atoms with E-state index >= 15 is 0 Å². The van der Waals surface area contributed by atoms with E-state index in [0.29, 0.717) is 17.0 Å². The lowest BCUT2D eigenvalue weighted by atomic mass is 10.0. The average Bonchev–Trinajstić information content (AvgIpc) is 2.65. The first-order chi connectivity index (χ1) is 12.6. The van der Waals surface area contributed by atoms with Crippen molar-refractivity contribution in [1.29, 1.82) is 5.26 Å². The maximum atomic E-state index is 12.5. The molecule has 0 aliphatic rings. The van der Waals surface area contributed by atoms with Crippen LogP contribution in [0.3, 0.4) is 0 Å². The molecule has 0 saturated carbocycles. The van der Waals surface area contributed by atoms with E-state index in [9.17, 15) is 10.1 Å². The summed E-state index contributed by atoms with van der Waals surface area (Å²) >= 11 is 3.36. The van der Waals surface area contributed by atoms with Gasteiger partial charge in [0.2, 0.25) is 0 Å². The molecule has 0 saturated heterocycles. The normalized spacial score (nSPS) is 11.0. The van der Waals surface area contributed by atoms with Crippen molar-refractivity contribution >= 4 is 44.4 Å². The number of ether oxygens (including phenoxy) is 1. The number of hydrogen-bond donors (Lipinski definition) is 1. The minimum Gasteiger partial charge on any atom is -0.496 e. The number of hydrogen-bond acceptors (Lipinski definition) is 3. The number of carbonyl (C=O) groups excluding carboxylic acids is 1. The Bertz CT molecular complexity index is 1050. The average molecular weight is 407 g/mol. The zero-order chi connectivity index (χ0) is 18.5. The molecule has 0 aliphatic carbocycles. The molecule has 0 unspecified atom stereocenters. The number of nitrogens with one attached hydrogen (secondary N) is 1. The molecular weight excluding hydrogens is 392 g/mol. The Hall–Kier alpha value is -3.10. The molecule has 0 atom stereocenters. The summed E-state index contributed by atoms with van der Waals surface area (Å²) in [6.45, 7) is 0. The summed E-state index contributed by atoms with van der Waals surface area (Å²) in [5.41, 5.74) is 1.31. The van der Waals surface area contributed by atoms with Crippen molar-refractivity contribution in [3.63, 3.8) is 0 Å². The zero-order valence-corrected chi connectivity index (χ0v) is 15.6. The number of nitrogens with zero attached hydrogens (tertiary/aromatic N) is 1. The fourth-order valence-electron chi connectivity index (χ4n) is 2.66. The number of fused-ring (bicyclic) bond motifs is 1. The van der Waals surface area contributed by atoms with Crippen molar-refractivity contribution in [2.45, 2.75) is 0 Å². The summed E-state index contributed by atoms with van der Waals surface area (Å²) in [7, 11) is 1.56. The number of halogens is 1. The molecule has 5 heteroatoms. The molecule has 1 amide bonds. The molecule has 3 rings (SSSR count). The molecule has 0 radical (unpaired) electrons. The fraction of sp³-hybridized carbons (Fsp3) is 0.0476. The van der Waals surface area contributed by atoms with E-state index in [1.807, 2.05) is 54.6 Å². The molecule has 0 spiro atoms. The minimum atomic E-state index is -0.472. The number of benzene rings is 3. The van der Waals surface area contributed by atoms with Gasteiger partial charge in [-0.15, -0.1) is 0 Å². The smallest absolute Gasteiger partial charge is 0.266 e. The van der Waals surface area contributed by atoms with Crippen LogP contribution in [0, 0.1) is 11.3 Å². The number of methoxy groups -OCH3 is 1. The largest absolute Gasteiger partial charge is 0.496 e. The number of carbonyl (C=O) groups is 1. The Balaban J connectivity index is 2.03. The highest BCUT2D eigenvalue weighted by Crippen LogP contribution is 2.30. The third kappa shape index (κ3) is 3.76. The van der Waals surface area contributed by atoms with E-state index in [1.54, 1.807) is 25.3 Å². The van der Waals surface area contributed by atoms with Crippen LogP contribution >= 0.6 is 15.9 Å². The van der Waals surface area contributed by atoms with Crippen LogP contribution in [-0.2, 0) is 4.79 Å². The van der Waals surface area contributed by atoms with Crippen molar-refractivity contribution < 1.29 is 9.53 Å². The van der Waals surface area contributed by atoms with Gasteiger partial charge >= 0.3 is 0 Å². The van der Waals surface area contributed by atoms with E-state index in [-0.39, 0.29) is 5.57 Å². The predicted octanol–water partition coefficient (Wildman–Crippen LogP) is 5.16. The summed E-state index contributed by atoms with van der Waals surface area (Å²) in [5, 5.41) is 14.2. The van der Waals surface area contributed by atoms with Gasteiger partial charge in [-0.2, -0.15) is 5.26 Å². The first kappa shape index (κ1) is 17.7. The lowest BCUT2D eigenvalue weighted by Crippen LogP contribution is -2.13. The zero-order valence-electron chi connectivity index (χ0n) is 14.0. The Labute approximate surface area is 159 Å². The van der Waals surface area contributed by atoms with Gasteiger partial charge in [0.15, 0.2) is 0 Å². The predicted molar refractivity (Wildman–Crippen MR) is 107 cm³/mol. The molecule has 0 heterocycles. The highest BCUT2D eigenvalue weighted by molar-refractivity contribution is 9.10. The summed E-state index contributed by atoms with van der Waals surface area (Å²) < 4.78 is 6.26. The maximum absolute atomic E-state index is 12.5. The second kappa shape index (κ2) is 7.85. The molecule has 3 aromatic carbocycles. The Morgan fingerprint density at radius 2 is 1.96 bits per heavy atom. The van der Waals surface area contributed by atoms with E-state index in [2.05, 4.69) is 21.2 Å². The highest BCUT2D eigenvalue weighted by Gasteiger charge is 2.13. The molecule has 128 valence electrons. The van der Waals surface area contributed by atoms with E-state index < -0.39 is 5.91 Å². The van der Waals surface area contributed by atoms with Gasteiger partial charge in [-0.05, 0) is 41.1 Å². The SMILES string of the molecule is COc1ccc2ccccc2c1/C=C(\C#N)C(=O)Nc1cccc(Br)c1. The molecule has 0 bridgehead atoms. The van der Waals surface area contributed by atoms with Crippen LogP contribution in [-0.4, -0.2) is 13.0 Å². The van der Waals surface area contributed by atoms with Crippen LogP contribution in [0.15, 0.2) is 70.7 Å². The van der Waals surface area contributed by atoms with Crippen LogP contribution in [0.5, 0.6) is 5.75 Å². The fourth-order valence-corrected chi connectivity index (χ4v) is 3.06. The van der Waals surface area contributed by atoms with Crippen molar-refractivity contribution in [3.8, 4) is 11.8 Å². The van der Waals surface area contributed by atoms with Crippen molar-refractivity contribution in [1.82, 2.24) is 0 Å². The first-order valence-electron chi connectivity index (χ1n) is 7.87. The van der Waals surface area contributed by atoms with Gasteiger partial charge in [-0.3, -0.25) is 4.79 Å². The second-order valence-electron chi connectivity index (χ2n) is 5.54. The number of nitriles is 1. The molecule has 0 aliphatic heterocycles. The molecule has 0 fully saturated rings. The van der Waals surface area contributed by atoms with Gasteiger partial charge in [0.25, 0.3) is 5.91 Å². The monoisotopic (exact) mass is 406 g/mol. The molecular formula is C21H15BrN2O2. The molecule has 3 aromatic rings. The van der Waals surface area contributed by atoms with E-state index in [0.717, 1.165) is 15.2 Å². The Kier molecular flexibility index (Phi) is 5.35. The Morgan fingerprint density at radius 3 is 2.69 bits per heavy atom. The molecule has 4 nitrogen and oxygen atoms in total. The highest BCUT2D eigenvalue weighted by atomic mass is 79.9. The van der Waals surface area contributed by atoms with Gasteiger partial charge in [0, 0.05) is 15.7 Å². The number of rotatable bonds is 4. The minimum absolute atomic E-state index is 0.000344.